The number of rotatable bonds is 6. The van der Waals surface area contributed by atoms with Crippen LogP contribution in [0.25, 0.3) is 0 Å². The molecule has 0 N–H and O–H groups in total. The van der Waals surface area contributed by atoms with Gasteiger partial charge in [-0.3, -0.25) is 14.4 Å². The lowest BCUT2D eigenvalue weighted by molar-refractivity contribution is -0.384. The van der Waals surface area contributed by atoms with Crippen LogP contribution in [0.5, 0.6) is 0 Å². The zero-order chi connectivity index (χ0) is 21.2. The molecule has 1 fully saturated rings. The normalized spacial score (nSPS) is 15.8. The van der Waals surface area contributed by atoms with Crippen LogP contribution >= 0.6 is 0 Å². The summed E-state index contributed by atoms with van der Waals surface area (Å²) < 4.78 is 58.3. The van der Waals surface area contributed by atoms with E-state index in [0.29, 0.717) is 13.2 Å². The van der Waals surface area contributed by atoms with Crippen LogP contribution < -0.4 is 4.31 Å². The molecule has 12 heteroatoms. The van der Waals surface area contributed by atoms with Crippen molar-refractivity contribution < 1.29 is 26.5 Å². The van der Waals surface area contributed by atoms with E-state index >= 15 is 0 Å². The first-order valence-corrected chi connectivity index (χ1v) is 11.4. The standard InChI is InChI=1S/C17H19N3O7S2/c1-18(28(23,24)16-8-4-15(5-9-16)20(21)22)14-2-6-17(7-3-14)29(25,26)19-10-12-27-13-11-19/h2-9H,10-13H2,1H3. The van der Waals surface area contributed by atoms with Gasteiger partial charge in [0.15, 0.2) is 0 Å². The maximum atomic E-state index is 12.8. The van der Waals surface area contributed by atoms with Gasteiger partial charge in [0.25, 0.3) is 15.7 Å². The fourth-order valence-corrected chi connectivity index (χ4v) is 5.40. The van der Waals surface area contributed by atoms with E-state index < -0.39 is 25.0 Å². The number of morpholine rings is 1. The lowest BCUT2D eigenvalue weighted by Gasteiger charge is -2.26. The molecule has 0 unspecified atom stereocenters. The van der Waals surface area contributed by atoms with Crippen LogP contribution in [0, 0.1) is 10.1 Å². The third-order valence-electron chi connectivity index (χ3n) is 4.51. The molecule has 1 aliphatic heterocycles. The number of ether oxygens (including phenoxy) is 1. The molecule has 156 valence electrons. The summed E-state index contributed by atoms with van der Waals surface area (Å²) in [7, 11) is -6.33. The van der Waals surface area contributed by atoms with Gasteiger partial charge in [0.2, 0.25) is 10.0 Å². The topological polar surface area (TPSA) is 127 Å². The zero-order valence-corrected chi connectivity index (χ0v) is 17.1. The van der Waals surface area contributed by atoms with Crippen LogP contribution in [-0.4, -0.2) is 59.4 Å². The van der Waals surface area contributed by atoms with Crippen molar-refractivity contribution in [3.05, 3.63) is 58.6 Å². The minimum atomic E-state index is -3.97. The van der Waals surface area contributed by atoms with Gasteiger partial charge >= 0.3 is 0 Å². The van der Waals surface area contributed by atoms with Crippen LogP contribution in [0.4, 0.5) is 11.4 Å². The van der Waals surface area contributed by atoms with Crippen molar-refractivity contribution >= 4 is 31.4 Å². The van der Waals surface area contributed by atoms with E-state index in [-0.39, 0.29) is 34.3 Å². The quantitative estimate of drug-likeness (QED) is 0.490. The summed E-state index contributed by atoms with van der Waals surface area (Å²) in [6.45, 7) is 1.18. The van der Waals surface area contributed by atoms with Gasteiger partial charge in [-0.2, -0.15) is 4.31 Å². The Morgan fingerprint density at radius 1 is 0.931 bits per heavy atom. The second-order valence-electron chi connectivity index (χ2n) is 6.23. The monoisotopic (exact) mass is 441 g/mol. The largest absolute Gasteiger partial charge is 0.379 e. The highest BCUT2D eigenvalue weighted by Crippen LogP contribution is 2.26. The van der Waals surface area contributed by atoms with E-state index in [2.05, 4.69) is 0 Å². The summed E-state index contributed by atoms with van der Waals surface area (Å²) in [5, 5.41) is 10.7. The molecule has 1 saturated heterocycles. The van der Waals surface area contributed by atoms with Gasteiger partial charge in [-0.05, 0) is 36.4 Å². The number of anilines is 1. The molecule has 0 spiro atoms. The highest BCUT2D eigenvalue weighted by molar-refractivity contribution is 7.92. The Balaban J connectivity index is 1.84. The van der Waals surface area contributed by atoms with E-state index in [1.54, 1.807) is 0 Å². The molecule has 0 radical (unpaired) electrons. The van der Waals surface area contributed by atoms with Gasteiger partial charge in [-0.15, -0.1) is 0 Å². The summed E-state index contributed by atoms with van der Waals surface area (Å²) in [5.74, 6) is 0. The Hall–Kier alpha value is -2.54. The summed E-state index contributed by atoms with van der Waals surface area (Å²) in [4.78, 5) is 10.1. The Morgan fingerprint density at radius 3 is 1.97 bits per heavy atom. The van der Waals surface area contributed by atoms with Crippen molar-refractivity contribution in [1.29, 1.82) is 0 Å². The molecule has 2 aromatic rings. The summed E-state index contributed by atoms with van der Waals surface area (Å²) in [6, 6.07) is 10.0. The van der Waals surface area contributed by atoms with Gasteiger partial charge in [-0.25, -0.2) is 16.8 Å². The van der Waals surface area contributed by atoms with Crippen LogP contribution in [0.15, 0.2) is 58.3 Å². The highest BCUT2D eigenvalue weighted by atomic mass is 32.2. The molecule has 0 aromatic heterocycles. The summed E-state index contributed by atoms with van der Waals surface area (Å²) in [6.07, 6.45) is 0. The fraction of sp³-hybridized carbons (Fsp3) is 0.294. The Labute approximate surface area is 168 Å². The molecular weight excluding hydrogens is 422 g/mol. The predicted octanol–water partition coefficient (Wildman–Crippen LogP) is 1.44. The summed E-state index contributed by atoms with van der Waals surface area (Å²) >= 11 is 0. The Morgan fingerprint density at radius 2 is 1.45 bits per heavy atom. The smallest absolute Gasteiger partial charge is 0.269 e. The molecule has 1 aliphatic rings. The molecule has 29 heavy (non-hydrogen) atoms. The average Bonchev–Trinajstić information content (AvgIpc) is 2.74. The number of hydrogen-bond donors (Lipinski definition) is 0. The first-order valence-electron chi connectivity index (χ1n) is 8.55. The Bertz CT molecular complexity index is 1090. The van der Waals surface area contributed by atoms with E-state index in [0.717, 1.165) is 28.6 Å². The molecule has 0 amide bonds. The van der Waals surface area contributed by atoms with E-state index in [1.807, 2.05) is 0 Å². The number of hydrogen-bond acceptors (Lipinski definition) is 7. The SMILES string of the molecule is CN(c1ccc(S(=O)(=O)N2CCOCC2)cc1)S(=O)(=O)c1ccc([N+](=O)[O-])cc1. The second kappa shape index (κ2) is 8.06. The number of nitro groups is 1. The van der Waals surface area contributed by atoms with Crippen LogP contribution in [-0.2, 0) is 24.8 Å². The first-order chi connectivity index (χ1) is 13.6. The van der Waals surface area contributed by atoms with E-state index in [4.69, 9.17) is 4.74 Å². The molecule has 0 saturated carbocycles. The van der Waals surface area contributed by atoms with E-state index in [9.17, 15) is 26.9 Å². The third kappa shape index (κ3) is 4.24. The minimum Gasteiger partial charge on any atom is -0.379 e. The molecule has 0 atom stereocenters. The van der Waals surface area contributed by atoms with Crippen molar-refractivity contribution in [2.45, 2.75) is 9.79 Å². The van der Waals surface area contributed by atoms with Gasteiger partial charge in [-0.1, -0.05) is 0 Å². The molecule has 0 aliphatic carbocycles. The molecule has 1 heterocycles. The van der Waals surface area contributed by atoms with Crippen LogP contribution in [0.1, 0.15) is 0 Å². The maximum Gasteiger partial charge on any atom is 0.269 e. The first kappa shape index (κ1) is 21.2. The van der Waals surface area contributed by atoms with Crippen LogP contribution in [0.2, 0.25) is 0 Å². The molecule has 2 aromatic carbocycles. The molecule has 3 rings (SSSR count). The predicted molar refractivity (Wildman–Crippen MR) is 105 cm³/mol. The fourth-order valence-electron chi connectivity index (χ4n) is 2.80. The third-order valence-corrected chi connectivity index (χ3v) is 8.23. The van der Waals surface area contributed by atoms with Crippen molar-refractivity contribution in [1.82, 2.24) is 4.31 Å². The van der Waals surface area contributed by atoms with Crippen molar-refractivity contribution in [2.24, 2.45) is 0 Å². The van der Waals surface area contributed by atoms with Gasteiger partial charge in [0.1, 0.15) is 0 Å². The Kier molecular flexibility index (Phi) is 5.89. The molecule has 10 nitrogen and oxygen atoms in total. The number of nitro benzene ring substituents is 1. The lowest BCUT2D eigenvalue weighted by atomic mass is 10.3. The number of nitrogens with zero attached hydrogens (tertiary/aromatic N) is 3. The minimum absolute atomic E-state index is 0.0595. The number of sulfonamides is 2. The van der Waals surface area contributed by atoms with Gasteiger partial charge < -0.3 is 4.74 Å². The highest BCUT2D eigenvalue weighted by Gasteiger charge is 2.27. The molecular formula is C17H19N3O7S2. The maximum absolute atomic E-state index is 12.8. The van der Waals surface area contributed by atoms with Gasteiger partial charge in [0.05, 0.1) is 33.6 Å². The second-order valence-corrected chi connectivity index (χ2v) is 10.1. The number of non-ortho nitro benzene ring substituents is 1. The van der Waals surface area contributed by atoms with Crippen molar-refractivity contribution in [3.8, 4) is 0 Å². The lowest BCUT2D eigenvalue weighted by Crippen LogP contribution is -2.40. The van der Waals surface area contributed by atoms with Crippen LogP contribution in [0.3, 0.4) is 0 Å². The zero-order valence-electron chi connectivity index (χ0n) is 15.5. The summed E-state index contributed by atoms with van der Waals surface area (Å²) in [5.41, 5.74) is 0.0357. The average molecular weight is 441 g/mol. The van der Waals surface area contributed by atoms with E-state index in [1.165, 1.54) is 35.6 Å². The molecule has 0 bridgehead atoms. The van der Waals surface area contributed by atoms with Gasteiger partial charge in [0, 0.05) is 32.3 Å². The number of benzene rings is 2. The van der Waals surface area contributed by atoms with Crippen molar-refractivity contribution in [2.75, 3.05) is 37.7 Å². The van der Waals surface area contributed by atoms with Crippen molar-refractivity contribution in [3.63, 3.8) is 0 Å².